The molecule has 1 atom stereocenters. The Labute approximate surface area is 209 Å². The third-order valence-electron chi connectivity index (χ3n) is 7.28. The molecule has 2 amide bonds. The average molecular weight is 481 g/mol. The average Bonchev–Trinajstić information content (AvgIpc) is 3.57. The molecule has 7 nitrogen and oxygen atoms in total. The highest BCUT2D eigenvalue weighted by Gasteiger charge is 2.35. The molecule has 4 aromatic rings. The number of imidazole rings is 1. The molecule has 2 aliphatic rings. The Hall–Kier alpha value is -4.13. The van der Waals surface area contributed by atoms with Crippen LogP contribution in [-0.4, -0.2) is 44.0 Å². The van der Waals surface area contributed by atoms with E-state index in [1.807, 2.05) is 48.5 Å². The highest BCUT2D eigenvalue weighted by molar-refractivity contribution is 6.06. The zero-order valence-electron chi connectivity index (χ0n) is 20.0. The smallest absolute Gasteiger partial charge is 0.258 e. The van der Waals surface area contributed by atoms with Gasteiger partial charge in [0.2, 0.25) is 5.91 Å². The van der Waals surface area contributed by atoms with Gasteiger partial charge in [0, 0.05) is 42.3 Å². The largest absolute Gasteiger partial charge is 0.506 e. The predicted octanol–water partition coefficient (Wildman–Crippen LogP) is 4.99. The molecule has 182 valence electrons. The van der Waals surface area contributed by atoms with Crippen molar-refractivity contribution in [1.82, 2.24) is 14.5 Å². The van der Waals surface area contributed by atoms with Crippen LogP contribution in [0.2, 0.25) is 0 Å². The number of aromatic nitrogens is 2. The molecule has 3 aromatic carbocycles. The van der Waals surface area contributed by atoms with Crippen molar-refractivity contribution in [2.24, 2.45) is 0 Å². The highest BCUT2D eigenvalue weighted by atomic mass is 16.3. The number of carbonyl (C=O) groups is 2. The summed E-state index contributed by atoms with van der Waals surface area (Å²) >= 11 is 0. The molecular formula is C29H28N4O3. The van der Waals surface area contributed by atoms with E-state index in [0.717, 1.165) is 41.9 Å². The molecule has 0 saturated carbocycles. The van der Waals surface area contributed by atoms with Crippen LogP contribution < -0.4 is 5.32 Å². The van der Waals surface area contributed by atoms with Gasteiger partial charge in [0.25, 0.3) is 5.91 Å². The lowest BCUT2D eigenvalue weighted by Crippen LogP contribution is -2.43. The summed E-state index contributed by atoms with van der Waals surface area (Å²) in [6.45, 7) is 1.47. The lowest BCUT2D eigenvalue weighted by Gasteiger charge is -2.24. The second-order valence-electron chi connectivity index (χ2n) is 9.60. The Morgan fingerprint density at radius 2 is 1.86 bits per heavy atom. The first-order valence-corrected chi connectivity index (χ1v) is 12.6. The number of anilines is 1. The third kappa shape index (κ3) is 4.00. The molecule has 2 aliphatic heterocycles. The number of nitrogens with zero attached hydrogens (tertiary/aromatic N) is 3. The summed E-state index contributed by atoms with van der Waals surface area (Å²) < 4.78 is 2.22. The number of benzene rings is 3. The van der Waals surface area contributed by atoms with Crippen molar-refractivity contribution in [2.75, 3.05) is 11.9 Å². The van der Waals surface area contributed by atoms with Crippen LogP contribution in [0.4, 0.5) is 5.69 Å². The van der Waals surface area contributed by atoms with Gasteiger partial charge in [0.1, 0.15) is 17.6 Å². The van der Waals surface area contributed by atoms with E-state index in [-0.39, 0.29) is 23.1 Å². The topological polar surface area (TPSA) is 87.5 Å². The maximum absolute atomic E-state index is 13.4. The molecule has 7 heteroatoms. The first kappa shape index (κ1) is 22.3. The SMILES string of the molecule is O=C(Nc1cccc(-c2cn3c(n2)CCCC3)c1)C1CCCN1C(=O)c1ccc2ccccc2c1O. The molecule has 3 heterocycles. The number of rotatable bonds is 4. The van der Waals surface area contributed by atoms with Crippen LogP contribution in [0.3, 0.4) is 0 Å². The van der Waals surface area contributed by atoms with Gasteiger partial charge in [0.15, 0.2) is 0 Å². The van der Waals surface area contributed by atoms with Crippen LogP contribution in [0.5, 0.6) is 5.75 Å². The van der Waals surface area contributed by atoms with Crippen LogP contribution >= 0.6 is 0 Å². The highest BCUT2D eigenvalue weighted by Crippen LogP contribution is 2.32. The number of fused-ring (bicyclic) bond motifs is 2. The molecule has 0 bridgehead atoms. The van der Waals surface area contributed by atoms with E-state index in [4.69, 9.17) is 4.98 Å². The number of phenolic OH excluding ortho intramolecular Hbond substituents is 1. The van der Waals surface area contributed by atoms with Crippen LogP contribution in [0, 0.1) is 0 Å². The lowest BCUT2D eigenvalue weighted by molar-refractivity contribution is -0.119. The number of aromatic hydroxyl groups is 1. The van der Waals surface area contributed by atoms with Crippen molar-refractivity contribution < 1.29 is 14.7 Å². The normalized spacial score (nSPS) is 17.2. The molecule has 0 spiro atoms. The summed E-state index contributed by atoms with van der Waals surface area (Å²) in [4.78, 5) is 33.0. The summed E-state index contributed by atoms with van der Waals surface area (Å²) in [5, 5.41) is 15.3. The summed E-state index contributed by atoms with van der Waals surface area (Å²) in [6.07, 6.45) is 6.74. The molecule has 1 aromatic heterocycles. The van der Waals surface area contributed by atoms with Crippen molar-refractivity contribution in [3.63, 3.8) is 0 Å². The summed E-state index contributed by atoms with van der Waals surface area (Å²) in [5.41, 5.74) is 2.76. The van der Waals surface area contributed by atoms with Gasteiger partial charge in [-0.25, -0.2) is 4.98 Å². The molecule has 1 saturated heterocycles. The number of amides is 2. The first-order chi connectivity index (χ1) is 17.6. The molecule has 0 radical (unpaired) electrons. The fraction of sp³-hybridized carbons (Fsp3) is 0.276. The van der Waals surface area contributed by atoms with E-state index in [1.165, 1.54) is 12.8 Å². The van der Waals surface area contributed by atoms with Crippen LogP contribution in [0.15, 0.2) is 66.9 Å². The number of carbonyl (C=O) groups excluding carboxylic acids is 2. The van der Waals surface area contributed by atoms with E-state index >= 15 is 0 Å². The van der Waals surface area contributed by atoms with Crippen molar-refractivity contribution in [1.29, 1.82) is 0 Å². The molecule has 0 aliphatic carbocycles. The summed E-state index contributed by atoms with van der Waals surface area (Å²) in [5.74, 6) is 0.526. The van der Waals surface area contributed by atoms with Crippen molar-refractivity contribution in [3.05, 3.63) is 78.2 Å². The Morgan fingerprint density at radius 1 is 0.972 bits per heavy atom. The van der Waals surface area contributed by atoms with E-state index in [2.05, 4.69) is 16.1 Å². The minimum Gasteiger partial charge on any atom is -0.506 e. The van der Waals surface area contributed by atoms with E-state index in [9.17, 15) is 14.7 Å². The number of aryl methyl sites for hydroxylation is 2. The first-order valence-electron chi connectivity index (χ1n) is 12.6. The maximum Gasteiger partial charge on any atom is 0.258 e. The van der Waals surface area contributed by atoms with Crippen molar-refractivity contribution in [2.45, 2.75) is 44.7 Å². The number of hydrogen-bond donors (Lipinski definition) is 2. The lowest BCUT2D eigenvalue weighted by atomic mass is 10.0. The fourth-order valence-corrected chi connectivity index (χ4v) is 5.40. The zero-order chi connectivity index (χ0) is 24.6. The fourth-order valence-electron chi connectivity index (χ4n) is 5.40. The number of hydrogen-bond acceptors (Lipinski definition) is 4. The van der Waals surface area contributed by atoms with E-state index in [0.29, 0.717) is 24.0 Å². The van der Waals surface area contributed by atoms with Crippen LogP contribution in [-0.2, 0) is 17.8 Å². The van der Waals surface area contributed by atoms with E-state index < -0.39 is 6.04 Å². The zero-order valence-corrected chi connectivity index (χ0v) is 20.0. The van der Waals surface area contributed by atoms with Crippen LogP contribution in [0.25, 0.3) is 22.0 Å². The van der Waals surface area contributed by atoms with Gasteiger partial charge in [0.05, 0.1) is 11.3 Å². The Morgan fingerprint density at radius 3 is 2.75 bits per heavy atom. The Balaban J connectivity index is 1.21. The van der Waals surface area contributed by atoms with Gasteiger partial charge in [-0.3, -0.25) is 9.59 Å². The Bertz CT molecular complexity index is 1450. The van der Waals surface area contributed by atoms with Gasteiger partial charge in [-0.15, -0.1) is 0 Å². The van der Waals surface area contributed by atoms with Crippen molar-refractivity contribution >= 4 is 28.3 Å². The van der Waals surface area contributed by atoms with Gasteiger partial charge >= 0.3 is 0 Å². The monoisotopic (exact) mass is 480 g/mol. The maximum atomic E-state index is 13.4. The quantitative estimate of drug-likeness (QED) is 0.431. The summed E-state index contributed by atoms with van der Waals surface area (Å²) in [7, 11) is 0. The molecule has 6 rings (SSSR count). The number of phenols is 1. The van der Waals surface area contributed by atoms with Crippen LogP contribution in [0.1, 0.15) is 41.9 Å². The number of nitrogens with one attached hydrogen (secondary N) is 1. The standard InChI is InChI=1S/C29H28N4O3/c34-27-22-10-2-1-7-19(22)13-14-23(27)29(36)33-16-6-11-25(33)28(35)30-21-9-5-8-20(17-21)24-18-32-15-4-3-12-26(32)31-24/h1-2,5,7-10,13-14,17-18,25,34H,3-4,6,11-12,15-16H2,(H,30,35). The van der Waals surface area contributed by atoms with E-state index in [1.54, 1.807) is 17.0 Å². The van der Waals surface area contributed by atoms with Crippen molar-refractivity contribution in [3.8, 4) is 17.0 Å². The summed E-state index contributed by atoms with van der Waals surface area (Å²) in [6, 6.07) is 18.0. The van der Waals surface area contributed by atoms with Gasteiger partial charge in [-0.2, -0.15) is 0 Å². The minimum atomic E-state index is -0.591. The van der Waals surface area contributed by atoms with Gasteiger partial charge in [-0.05, 0) is 49.3 Å². The molecule has 1 unspecified atom stereocenters. The predicted molar refractivity (Wildman–Crippen MR) is 139 cm³/mol. The van der Waals surface area contributed by atoms with Gasteiger partial charge < -0.3 is 19.9 Å². The molecule has 1 fully saturated rings. The third-order valence-corrected chi connectivity index (χ3v) is 7.28. The van der Waals surface area contributed by atoms with Gasteiger partial charge in [-0.1, -0.05) is 42.5 Å². The molecule has 36 heavy (non-hydrogen) atoms. The Kier molecular flexibility index (Phi) is 5.68. The second-order valence-corrected chi connectivity index (χ2v) is 9.60. The second kappa shape index (κ2) is 9.15. The minimum absolute atomic E-state index is 0.0420. The number of likely N-dealkylation sites (tertiary alicyclic amines) is 1. The molecule has 2 N–H and O–H groups in total. The molecular weight excluding hydrogens is 452 g/mol.